The third-order valence-corrected chi connectivity index (χ3v) is 0.183. The van der Waals surface area contributed by atoms with Crippen molar-refractivity contribution in [3.8, 4) is 0 Å². The molecule has 0 amide bonds. The van der Waals surface area contributed by atoms with Crippen molar-refractivity contribution in [3.05, 3.63) is 0 Å². The Morgan fingerprint density at radius 3 is 0.818 bits per heavy atom. The molecule has 8 heteroatoms. The zero-order valence-electron chi connectivity index (χ0n) is 4.51. The van der Waals surface area contributed by atoms with Crippen molar-refractivity contribution in [1.29, 1.82) is 0 Å². The molecule has 66 valence electrons. The molecule has 11 heavy (non-hydrogen) atoms. The molecule has 0 heterocycles. The van der Waals surface area contributed by atoms with Crippen LogP contribution in [-0.2, 0) is 9.59 Å². The van der Waals surface area contributed by atoms with Crippen LogP contribution in [0.15, 0.2) is 0 Å². The molecule has 0 atom stereocenters. The van der Waals surface area contributed by atoms with Crippen molar-refractivity contribution in [2.75, 3.05) is 0 Å². The highest BCUT2D eigenvalue weighted by atomic mass is 28.1. The monoisotopic (exact) mass is 184 g/mol. The molecule has 0 rings (SSSR count). The van der Waals surface area contributed by atoms with Crippen LogP contribution in [-0.4, -0.2) is 49.5 Å². The lowest BCUT2D eigenvalue weighted by Gasteiger charge is -1.72. The summed E-state index contributed by atoms with van der Waals surface area (Å²) in [6.07, 6.45) is -1.83. The molecule has 4 N–H and O–H groups in total. The molecule has 0 aromatic rings. The Hall–Kier alpha value is -1.57. The van der Waals surface area contributed by atoms with Gasteiger partial charge in [0, 0.05) is 0 Å². The maximum absolute atomic E-state index is 9.10. The molecule has 0 aliphatic carbocycles. The summed E-state index contributed by atoms with van der Waals surface area (Å²) < 4.78 is 0. The average Bonchev–Trinajstić information content (AvgIpc) is 1.63. The Morgan fingerprint density at radius 2 is 0.818 bits per heavy atom. The normalized spacial score (nSPS) is 6.18. The highest BCUT2D eigenvalue weighted by Crippen LogP contribution is 1.56. The summed E-state index contributed by atoms with van der Waals surface area (Å²) in [7, 11) is 0. The van der Waals surface area contributed by atoms with Gasteiger partial charge in [-0.2, -0.15) is 0 Å². The van der Waals surface area contributed by atoms with Crippen LogP contribution in [0, 0.1) is 0 Å². The fraction of sp³-hybridized carbons (Fsp3) is 0. The van der Waals surface area contributed by atoms with E-state index in [2.05, 4.69) is 0 Å². The molecule has 0 radical (unpaired) electrons. The highest BCUT2D eigenvalue weighted by molar-refractivity contribution is 6.27. The van der Waals surface area contributed by atoms with Crippen molar-refractivity contribution >= 4 is 29.1 Å². The van der Waals surface area contributed by atoms with E-state index in [0.717, 1.165) is 0 Å². The van der Waals surface area contributed by atoms with Crippen LogP contribution >= 0.6 is 0 Å². The van der Waals surface area contributed by atoms with Gasteiger partial charge >= 0.3 is 18.1 Å². The summed E-state index contributed by atoms with van der Waals surface area (Å²) in [6, 6.07) is 0. The summed E-state index contributed by atoms with van der Waals surface area (Å²) in [5.74, 6) is -3.65. The molecule has 0 saturated carbocycles. The van der Waals surface area contributed by atoms with Gasteiger partial charge in [-0.3, -0.25) is 0 Å². The SMILES string of the molecule is O=C(O)C(=O)O.O=C(O)O.[SiH4]. The van der Waals surface area contributed by atoms with Gasteiger partial charge in [-0.1, -0.05) is 0 Å². The quantitative estimate of drug-likeness (QED) is 0.251. The van der Waals surface area contributed by atoms with Gasteiger partial charge in [0.25, 0.3) is 0 Å². The van der Waals surface area contributed by atoms with E-state index in [1.54, 1.807) is 0 Å². The van der Waals surface area contributed by atoms with Gasteiger partial charge in [-0.25, -0.2) is 14.4 Å². The van der Waals surface area contributed by atoms with Crippen molar-refractivity contribution in [2.45, 2.75) is 0 Å². The summed E-state index contributed by atoms with van der Waals surface area (Å²) in [6.45, 7) is 0. The minimum atomic E-state index is -1.83. The number of rotatable bonds is 0. The first kappa shape index (κ1) is 16.2. The van der Waals surface area contributed by atoms with E-state index >= 15 is 0 Å². The van der Waals surface area contributed by atoms with Gasteiger partial charge in [0.2, 0.25) is 0 Å². The van der Waals surface area contributed by atoms with Gasteiger partial charge in [0.15, 0.2) is 0 Å². The molecule has 0 aromatic heterocycles. The van der Waals surface area contributed by atoms with E-state index in [9.17, 15) is 0 Å². The number of hydrogen-bond donors (Lipinski definition) is 4. The third-order valence-electron chi connectivity index (χ3n) is 0.183. The Balaban J connectivity index is -0.000000114. The highest BCUT2D eigenvalue weighted by Gasteiger charge is 2.04. The Labute approximate surface area is 64.9 Å². The van der Waals surface area contributed by atoms with Crippen molar-refractivity contribution in [1.82, 2.24) is 0 Å². The van der Waals surface area contributed by atoms with Gasteiger partial charge < -0.3 is 20.4 Å². The van der Waals surface area contributed by atoms with E-state index in [4.69, 9.17) is 34.8 Å². The number of carboxylic acid groups (broad SMARTS) is 4. The van der Waals surface area contributed by atoms with E-state index in [0.29, 0.717) is 0 Å². The summed E-state index contributed by atoms with van der Waals surface area (Å²) in [5, 5.41) is 28.7. The van der Waals surface area contributed by atoms with Gasteiger partial charge in [-0.15, -0.1) is 0 Å². The summed E-state index contributed by atoms with van der Waals surface area (Å²) in [4.78, 5) is 26.8. The molecule has 0 spiro atoms. The van der Waals surface area contributed by atoms with E-state index in [1.165, 1.54) is 0 Å². The Morgan fingerprint density at radius 1 is 0.727 bits per heavy atom. The van der Waals surface area contributed by atoms with Crippen molar-refractivity contribution in [3.63, 3.8) is 0 Å². The smallest absolute Gasteiger partial charge is 0.473 e. The second-order valence-corrected chi connectivity index (χ2v) is 0.893. The summed E-state index contributed by atoms with van der Waals surface area (Å²) >= 11 is 0. The maximum atomic E-state index is 9.10. The largest absolute Gasteiger partial charge is 0.503 e. The molecule has 0 saturated heterocycles. The predicted molar refractivity (Wildman–Crippen MR) is 37.3 cm³/mol. The predicted octanol–water partition coefficient (Wildman–Crippen LogP) is -2.07. The number of carboxylic acids is 2. The molecule has 0 unspecified atom stereocenters. The number of hydrogen-bond acceptors (Lipinski definition) is 3. The van der Waals surface area contributed by atoms with Crippen LogP contribution in [0.5, 0.6) is 0 Å². The molecule has 7 nitrogen and oxygen atoms in total. The zero-order valence-corrected chi connectivity index (χ0v) is 4.51. The molecule has 0 aliphatic rings. The lowest BCUT2D eigenvalue weighted by atomic mass is 10.7. The molecule has 0 bridgehead atoms. The number of carbonyl (C=O) groups is 3. The van der Waals surface area contributed by atoms with Crippen molar-refractivity contribution < 1.29 is 34.8 Å². The number of aliphatic carboxylic acids is 2. The van der Waals surface area contributed by atoms with Crippen LogP contribution < -0.4 is 0 Å². The fourth-order valence-corrected chi connectivity index (χ4v) is 0. The minimum Gasteiger partial charge on any atom is -0.473 e. The maximum Gasteiger partial charge on any atom is 0.503 e. The second kappa shape index (κ2) is 8.43. The summed E-state index contributed by atoms with van der Waals surface area (Å²) in [5.41, 5.74) is 0. The van der Waals surface area contributed by atoms with E-state index in [-0.39, 0.29) is 11.0 Å². The zero-order chi connectivity index (χ0) is 8.73. The minimum absolute atomic E-state index is 0. The standard InChI is InChI=1S/C2H2O4.CH2O3.H4Si/c3-1(4)2(5)6;2-1(3)4;/h(H,3,4)(H,5,6);(H2,2,3,4);1H4. The molecule has 0 aliphatic heterocycles. The molecule has 0 aromatic carbocycles. The van der Waals surface area contributed by atoms with Gasteiger partial charge in [0.1, 0.15) is 0 Å². The fourth-order valence-electron chi connectivity index (χ4n) is 0. The molecular formula is C3H8O7Si. The Kier molecular flexibility index (Phi) is 12.4. The van der Waals surface area contributed by atoms with E-state index < -0.39 is 18.1 Å². The van der Waals surface area contributed by atoms with Crippen LogP contribution in [0.1, 0.15) is 0 Å². The van der Waals surface area contributed by atoms with E-state index in [1.807, 2.05) is 0 Å². The average molecular weight is 184 g/mol. The van der Waals surface area contributed by atoms with Gasteiger partial charge in [0.05, 0.1) is 0 Å². The van der Waals surface area contributed by atoms with Crippen LogP contribution in [0.2, 0.25) is 0 Å². The van der Waals surface area contributed by atoms with Crippen molar-refractivity contribution in [2.24, 2.45) is 0 Å². The first-order valence-corrected chi connectivity index (χ1v) is 1.76. The Bertz CT molecular complexity index is 136. The lowest BCUT2D eigenvalue weighted by molar-refractivity contribution is -0.159. The first-order chi connectivity index (χ1) is 4.37. The second-order valence-electron chi connectivity index (χ2n) is 0.893. The third kappa shape index (κ3) is 59.1. The van der Waals surface area contributed by atoms with Gasteiger partial charge in [-0.05, 0) is 11.0 Å². The van der Waals surface area contributed by atoms with Crippen LogP contribution in [0.25, 0.3) is 0 Å². The van der Waals surface area contributed by atoms with Crippen LogP contribution in [0.4, 0.5) is 4.79 Å². The van der Waals surface area contributed by atoms with Crippen LogP contribution in [0.3, 0.4) is 0 Å². The molecule has 0 fully saturated rings. The molecular weight excluding hydrogens is 176 g/mol. The topological polar surface area (TPSA) is 132 Å². The first-order valence-electron chi connectivity index (χ1n) is 1.76. The lowest BCUT2D eigenvalue weighted by Crippen LogP contribution is -2.09.